The van der Waals surface area contributed by atoms with Crippen LogP contribution in [-0.4, -0.2) is 16.1 Å². The van der Waals surface area contributed by atoms with Crippen molar-refractivity contribution in [2.45, 2.75) is 6.42 Å². The number of carbonyl (C=O) groups is 1. The Labute approximate surface area is 107 Å². The van der Waals surface area contributed by atoms with E-state index in [-0.39, 0.29) is 5.76 Å². The van der Waals surface area contributed by atoms with Gasteiger partial charge in [0, 0.05) is 0 Å². The van der Waals surface area contributed by atoms with Gasteiger partial charge in [0.25, 0.3) is 0 Å². The topological polar surface area (TPSA) is 63.3 Å². The van der Waals surface area contributed by atoms with E-state index in [1.807, 2.05) is 24.3 Å². The smallest absolute Gasteiger partial charge is 0.371 e. The Hall–Kier alpha value is -2.14. The Bertz CT molecular complexity index is 681. The number of carboxylic acids is 1. The highest BCUT2D eigenvalue weighted by molar-refractivity contribution is 7.18. The van der Waals surface area contributed by atoms with Crippen LogP contribution >= 0.6 is 11.3 Å². The van der Waals surface area contributed by atoms with Crippen LogP contribution in [0.3, 0.4) is 0 Å². The Balaban J connectivity index is 1.88. The highest BCUT2D eigenvalue weighted by Crippen LogP contribution is 2.24. The molecule has 0 aliphatic rings. The second-order valence-corrected chi connectivity index (χ2v) is 4.94. The van der Waals surface area contributed by atoms with Crippen LogP contribution in [0, 0.1) is 0 Å². The number of para-hydroxylation sites is 1. The van der Waals surface area contributed by atoms with Gasteiger partial charge < -0.3 is 9.52 Å². The number of hydrogen-bond acceptors (Lipinski definition) is 4. The molecule has 5 heteroatoms. The number of rotatable bonds is 3. The average molecular weight is 259 g/mol. The number of hydrogen-bond donors (Lipinski definition) is 1. The molecule has 0 bridgehead atoms. The minimum absolute atomic E-state index is 0.0360. The van der Waals surface area contributed by atoms with E-state index in [0.717, 1.165) is 15.2 Å². The molecule has 0 fully saturated rings. The predicted molar refractivity (Wildman–Crippen MR) is 68.1 cm³/mol. The summed E-state index contributed by atoms with van der Waals surface area (Å²) in [5, 5.41) is 9.69. The fourth-order valence-electron chi connectivity index (χ4n) is 1.73. The quantitative estimate of drug-likeness (QED) is 0.784. The summed E-state index contributed by atoms with van der Waals surface area (Å²) < 4.78 is 6.33. The third kappa shape index (κ3) is 2.00. The lowest BCUT2D eigenvalue weighted by molar-refractivity contribution is 0.0660. The van der Waals surface area contributed by atoms with E-state index < -0.39 is 5.97 Å². The lowest BCUT2D eigenvalue weighted by Crippen LogP contribution is -1.92. The number of fused-ring (bicyclic) bond motifs is 1. The molecule has 0 atom stereocenters. The van der Waals surface area contributed by atoms with Gasteiger partial charge in [-0.25, -0.2) is 9.78 Å². The molecule has 3 aromatic rings. The first-order chi connectivity index (χ1) is 8.72. The SMILES string of the molecule is O=C(O)c1ccc(Cc2nc3ccccc3s2)o1. The van der Waals surface area contributed by atoms with Crippen molar-refractivity contribution in [1.82, 2.24) is 4.98 Å². The number of aromatic nitrogens is 1. The molecule has 0 spiro atoms. The number of aromatic carboxylic acids is 1. The molecule has 4 nitrogen and oxygen atoms in total. The molecule has 0 aliphatic carbocycles. The zero-order valence-corrected chi connectivity index (χ0v) is 10.1. The molecule has 0 amide bonds. The van der Waals surface area contributed by atoms with Gasteiger partial charge in [-0.3, -0.25) is 0 Å². The molecule has 18 heavy (non-hydrogen) atoms. The van der Waals surface area contributed by atoms with Gasteiger partial charge in [0.2, 0.25) is 5.76 Å². The largest absolute Gasteiger partial charge is 0.475 e. The molecule has 90 valence electrons. The lowest BCUT2D eigenvalue weighted by Gasteiger charge is -1.91. The van der Waals surface area contributed by atoms with E-state index in [9.17, 15) is 4.79 Å². The molecular weight excluding hydrogens is 250 g/mol. The normalized spacial score (nSPS) is 10.9. The van der Waals surface area contributed by atoms with E-state index in [4.69, 9.17) is 9.52 Å². The number of carboxylic acid groups (broad SMARTS) is 1. The summed E-state index contributed by atoms with van der Waals surface area (Å²) in [5.41, 5.74) is 0.961. The Morgan fingerprint density at radius 1 is 1.28 bits per heavy atom. The average Bonchev–Trinajstić information content (AvgIpc) is 2.94. The number of furan rings is 1. The summed E-state index contributed by atoms with van der Waals surface area (Å²) in [6, 6.07) is 11.0. The van der Waals surface area contributed by atoms with Crippen LogP contribution in [0.15, 0.2) is 40.8 Å². The van der Waals surface area contributed by atoms with Crippen LogP contribution < -0.4 is 0 Å². The van der Waals surface area contributed by atoms with Crippen molar-refractivity contribution in [2.24, 2.45) is 0 Å². The fourth-order valence-corrected chi connectivity index (χ4v) is 2.71. The van der Waals surface area contributed by atoms with Crippen molar-refractivity contribution in [3.63, 3.8) is 0 Å². The van der Waals surface area contributed by atoms with Gasteiger partial charge in [-0.2, -0.15) is 0 Å². The van der Waals surface area contributed by atoms with Crippen molar-refractivity contribution in [3.05, 3.63) is 52.9 Å². The summed E-state index contributed by atoms with van der Waals surface area (Å²) in [6.45, 7) is 0. The maximum Gasteiger partial charge on any atom is 0.371 e. The van der Waals surface area contributed by atoms with Crippen LogP contribution in [0.4, 0.5) is 0 Å². The molecule has 0 saturated carbocycles. The molecule has 2 aromatic heterocycles. The summed E-state index contributed by atoms with van der Waals surface area (Å²) in [6.07, 6.45) is 0.520. The van der Waals surface area contributed by atoms with Crippen molar-refractivity contribution >= 4 is 27.5 Å². The fraction of sp³-hybridized carbons (Fsp3) is 0.0769. The van der Waals surface area contributed by atoms with Crippen molar-refractivity contribution in [1.29, 1.82) is 0 Å². The van der Waals surface area contributed by atoms with Gasteiger partial charge in [0.1, 0.15) is 10.8 Å². The van der Waals surface area contributed by atoms with Gasteiger partial charge in [0.05, 0.1) is 16.6 Å². The third-order valence-corrected chi connectivity index (χ3v) is 3.57. The van der Waals surface area contributed by atoms with E-state index >= 15 is 0 Å². The number of thiazole rings is 1. The molecule has 3 rings (SSSR count). The van der Waals surface area contributed by atoms with Gasteiger partial charge in [-0.05, 0) is 24.3 Å². The van der Waals surface area contributed by atoms with Gasteiger partial charge in [-0.15, -0.1) is 11.3 Å². The Kier molecular flexibility index (Phi) is 2.60. The van der Waals surface area contributed by atoms with Crippen LogP contribution in [0.5, 0.6) is 0 Å². The van der Waals surface area contributed by atoms with Crippen molar-refractivity contribution in [2.75, 3.05) is 0 Å². The molecule has 0 radical (unpaired) electrons. The number of benzene rings is 1. The maximum absolute atomic E-state index is 10.7. The van der Waals surface area contributed by atoms with Crippen LogP contribution in [0.1, 0.15) is 21.3 Å². The van der Waals surface area contributed by atoms with Crippen LogP contribution in [-0.2, 0) is 6.42 Å². The van der Waals surface area contributed by atoms with Crippen molar-refractivity contribution in [3.8, 4) is 0 Å². The van der Waals surface area contributed by atoms with E-state index in [1.54, 1.807) is 17.4 Å². The van der Waals surface area contributed by atoms with E-state index in [2.05, 4.69) is 4.98 Å². The molecule has 1 N–H and O–H groups in total. The van der Waals surface area contributed by atoms with E-state index in [1.165, 1.54) is 6.07 Å². The molecular formula is C13H9NO3S. The highest BCUT2D eigenvalue weighted by Gasteiger charge is 2.11. The first-order valence-electron chi connectivity index (χ1n) is 5.39. The second-order valence-electron chi connectivity index (χ2n) is 3.82. The Morgan fingerprint density at radius 3 is 2.83 bits per heavy atom. The summed E-state index contributed by atoms with van der Waals surface area (Å²) in [5.74, 6) is -0.469. The predicted octanol–water partition coefficient (Wildman–Crippen LogP) is 3.18. The minimum Gasteiger partial charge on any atom is -0.475 e. The van der Waals surface area contributed by atoms with Crippen molar-refractivity contribution < 1.29 is 14.3 Å². The monoisotopic (exact) mass is 259 g/mol. The summed E-state index contributed by atoms with van der Waals surface area (Å²) >= 11 is 1.59. The first-order valence-corrected chi connectivity index (χ1v) is 6.20. The van der Waals surface area contributed by atoms with Crippen LogP contribution in [0.25, 0.3) is 10.2 Å². The molecule has 0 aliphatic heterocycles. The summed E-state index contributed by atoms with van der Waals surface area (Å²) in [7, 11) is 0. The summed E-state index contributed by atoms with van der Waals surface area (Å²) in [4.78, 5) is 15.2. The maximum atomic E-state index is 10.7. The third-order valence-electron chi connectivity index (χ3n) is 2.54. The second kappa shape index (κ2) is 4.27. The zero-order valence-electron chi connectivity index (χ0n) is 9.29. The van der Waals surface area contributed by atoms with Gasteiger partial charge >= 0.3 is 5.97 Å². The first kappa shape index (κ1) is 11.0. The standard InChI is InChI=1S/C13H9NO3S/c15-13(16)10-6-5-8(17-10)7-12-14-9-3-1-2-4-11(9)18-12/h1-6H,7H2,(H,15,16). The van der Waals surface area contributed by atoms with E-state index in [0.29, 0.717) is 12.2 Å². The molecule has 1 aromatic carbocycles. The van der Waals surface area contributed by atoms with Gasteiger partial charge in [-0.1, -0.05) is 12.1 Å². The zero-order chi connectivity index (χ0) is 12.5. The highest BCUT2D eigenvalue weighted by atomic mass is 32.1. The minimum atomic E-state index is -1.05. The Morgan fingerprint density at radius 2 is 2.11 bits per heavy atom. The van der Waals surface area contributed by atoms with Crippen LogP contribution in [0.2, 0.25) is 0 Å². The van der Waals surface area contributed by atoms with Gasteiger partial charge in [0.15, 0.2) is 0 Å². The number of nitrogens with zero attached hydrogens (tertiary/aromatic N) is 1. The molecule has 0 unspecified atom stereocenters. The molecule has 0 saturated heterocycles. The molecule has 2 heterocycles. The lowest BCUT2D eigenvalue weighted by atomic mass is 10.3.